The van der Waals surface area contributed by atoms with Crippen molar-refractivity contribution in [2.45, 2.75) is 5.25 Å². The molecule has 14 heavy (non-hydrogen) atoms. The number of benzene rings is 1. The highest BCUT2D eigenvalue weighted by Gasteiger charge is 2.14. The van der Waals surface area contributed by atoms with Gasteiger partial charge in [-0.1, -0.05) is 12.1 Å². The Morgan fingerprint density at radius 3 is 2.71 bits per heavy atom. The van der Waals surface area contributed by atoms with Crippen molar-refractivity contribution in [3.8, 4) is 5.75 Å². The quantitative estimate of drug-likeness (QED) is 0.805. The molecule has 1 saturated heterocycles. The Morgan fingerprint density at radius 2 is 2.14 bits per heavy atom. The Hall–Kier alpha value is -0.670. The van der Waals surface area contributed by atoms with Gasteiger partial charge in [-0.2, -0.15) is 11.8 Å². The molecule has 0 radical (unpaired) electrons. The number of nitrogens with one attached hydrogen (secondary N) is 1. The molecule has 3 heteroatoms. The zero-order valence-corrected chi connectivity index (χ0v) is 9.14. The van der Waals surface area contributed by atoms with Crippen molar-refractivity contribution in [1.82, 2.24) is 5.32 Å². The second-order valence-electron chi connectivity index (χ2n) is 3.34. The molecule has 1 fully saturated rings. The zero-order chi connectivity index (χ0) is 9.80. The summed E-state index contributed by atoms with van der Waals surface area (Å²) in [6.45, 7) is 2.22. The molecule has 1 N–H and O–H groups in total. The molecule has 76 valence electrons. The largest absolute Gasteiger partial charge is 0.497 e. The molecule has 1 aliphatic heterocycles. The van der Waals surface area contributed by atoms with Crippen molar-refractivity contribution < 1.29 is 4.74 Å². The van der Waals surface area contributed by atoms with Gasteiger partial charge in [-0.3, -0.25) is 0 Å². The first-order chi connectivity index (χ1) is 6.90. The van der Waals surface area contributed by atoms with Crippen LogP contribution < -0.4 is 10.1 Å². The SMILES string of the molecule is COc1ccc([C@H]2CNCCS2)cc1. The van der Waals surface area contributed by atoms with Gasteiger partial charge in [0.1, 0.15) is 5.75 Å². The monoisotopic (exact) mass is 209 g/mol. The second kappa shape index (κ2) is 4.71. The maximum absolute atomic E-state index is 5.13. The van der Waals surface area contributed by atoms with Gasteiger partial charge in [-0.05, 0) is 17.7 Å². The van der Waals surface area contributed by atoms with E-state index < -0.39 is 0 Å². The van der Waals surface area contributed by atoms with Gasteiger partial charge in [0.05, 0.1) is 7.11 Å². The predicted octanol–water partition coefficient (Wildman–Crippen LogP) is 2.07. The van der Waals surface area contributed by atoms with Crippen LogP contribution in [0.25, 0.3) is 0 Å². The third kappa shape index (κ3) is 2.22. The summed E-state index contributed by atoms with van der Waals surface area (Å²) < 4.78 is 5.13. The van der Waals surface area contributed by atoms with Crippen LogP contribution in [0.1, 0.15) is 10.8 Å². The summed E-state index contributed by atoms with van der Waals surface area (Å²) in [7, 11) is 1.70. The number of hydrogen-bond acceptors (Lipinski definition) is 3. The molecule has 2 nitrogen and oxygen atoms in total. The summed E-state index contributed by atoms with van der Waals surface area (Å²) >= 11 is 2.03. The van der Waals surface area contributed by atoms with E-state index in [9.17, 15) is 0 Å². The molecule has 0 aliphatic carbocycles. The standard InChI is InChI=1S/C11H15NOS/c1-13-10-4-2-9(3-5-10)11-8-12-6-7-14-11/h2-5,11-12H,6-8H2,1H3/t11-/m1/s1. The summed E-state index contributed by atoms with van der Waals surface area (Å²) in [6.07, 6.45) is 0. The molecule has 0 saturated carbocycles. The van der Waals surface area contributed by atoms with Crippen LogP contribution in [0.5, 0.6) is 5.75 Å². The highest BCUT2D eigenvalue weighted by atomic mass is 32.2. The highest BCUT2D eigenvalue weighted by Crippen LogP contribution is 2.30. The average molecular weight is 209 g/mol. The third-order valence-electron chi connectivity index (χ3n) is 2.42. The molecule has 0 bridgehead atoms. The van der Waals surface area contributed by atoms with Gasteiger partial charge in [0.25, 0.3) is 0 Å². The fourth-order valence-corrected chi connectivity index (χ4v) is 2.73. The van der Waals surface area contributed by atoms with E-state index in [1.54, 1.807) is 7.11 Å². The van der Waals surface area contributed by atoms with Gasteiger partial charge in [0.2, 0.25) is 0 Å². The third-order valence-corrected chi connectivity index (χ3v) is 3.70. The van der Waals surface area contributed by atoms with Crippen LogP contribution in [0.2, 0.25) is 0 Å². The maximum Gasteiger partial charge on any atom is 0.118 e. The number of rotatable bonds is 2. The molecular formula is C11H15NOS. The summed E-state index contributed by atoms with van der Waals surface area (Å²) in [5.74, 6) is 2.14. The van der Waals surface area contributed by atoms with Crippen LogP contribution in [-0.2, 0) is 0 Å². The topological polar surface area (TPSA) is 21.3 Å². The zero-order valence-electron chi connectivity index (χ0n) is 8.32. The van der Waals surface area contributed by atoms with Gasteiger partial charge in [-0.15, -0.1) is 0 Å². The van der Waals surface area contributed by atoms with Crippen molar-refractivity contribution in [2.75, 3.05) is 26.0 Å². The van der Waals surface area contributed by atoms with E-state index in [1.165, 1.54) is 11.3 Å². The lowest BCUT2D eigenvalue weighted by Crippen LogP contribution is -2.27. The Morgan fingerprint density at radius 1 is 1.36 bits per heavy atom. The molecule has 1 heterocycles. The predicted molar refractivity (Wildman–Crippen MR) is 61.1 cm³/mol. The Bertz CT molecular complexity index is 280. The lowest BCUT2D eigenvalue weighted by molar-refractivity contribution is 0.414. The van der Waals surface area contributed by atoms with Gasteiger partial charge < -0.3 is 10.1 Å². The normalized spacial score (nSPS) is 21.9. The molecule has 1 aromatic carbocycles. The Labute approximate surface area is 89.0 Å². The lowest BCUT2D eigenvalue weighted by Gasteiger charge is -2.22. The molecule has 0 amide bonds. The van der Waals surface area contributed by atoms with Crippen LogP contribution in [0.4, 0.5) is 0 Å². The van der Waals surface area contributed by atoms with Crippen molar-refractivity contribution in [2.24, 2.45) is 0 Å². The summed E-state index contributed by atoms with van der Waals surface area (Å²) in [6, 6.07) is 8.38. The van der Waals surface area contributed by atoms with Crippen molar-refractivity contribution in [1.29, 1.82) is 0 Å². The van der Waals surface area contributed by atoms with Gasteiger partial charge in [0.15, 0.2) is 0 Å². The summed E-state index contributed by atoms with van der Waals surface area (Å²) in [5.41, 5.74) is 1.39. The minimum absolute atomic E-state index is 0.606. The fourth-order valence-electron chi connectivity index (χ4n) is 1.60. The molecular weight excluding hydrogens is 194 g/mol. The van der Waals surface area contributed by atoms with Crippen LogP contribution in [0, 0.1) is 0 Å². The van der Waals surface area contributed by atoms with E-state index in [4.69, 9.17) is 4.74 Å². The molecule has 1 atom stereocenters. The van der Waals surface area contributed by atoms with Gasteiger partial charge >= 0.3 is 0 Å². The van der Waals surface area contributed by atoms with Crippen LogP contribution in [-0.4, -0.2) is 26.0 Å². The second-order valence-corrected chi connectivity index (χ2v) is 4.65. The van der Waals surface area contributed by atoms with E-state index in [0.29, 0.717) is 5.25 Å². The van der Waals surface area contributed by atoms with E-state index in [-0.39, 0.29) is 0 Å². The van der Waals surface area contributed by atoms with Crippen molar-refractivity contribution >= 4 is 11.8 Å². The maximum atomic E-state index is 5.13. The van der Waals surface area contributed by atoms with Crippen LogP contribution >= 0.6 is 11.8 Å². The van der Waals surface area contributed by atoms with Crippen LogP contribution in [0.3, 0.4) is 0 Å². The van der Waals surface area contributed by atoms with E-state index >= 15 is 0 Å². The molecule has 2 rings (SSSR count). The first-order valence-electron chi connectivity index (χ1n) is 4.86. The van der Waals surface area contributed by atoms with Crippen LogP contribution in [0.15, 0.2) is 24.3 Å². The fraction of sp³-hybridized carbons (Fsp3) is 0.455. The van der Waals surface area contributed by atoms with Crippen molar-refractivity contribution in [3.05, 3.63) is 29.8 Å². The number of methoxy groups -OCH3 is 1. The van der Waals surface area contributed by atoms with E-state index in [0.717, 1.165) is 18.8 Å². The summed E-state index contributed by atoms with van der Waals surface area (Å²) in [4.78, 5) is 0. The smallest absolute Gasteiger partial charge is 0.118 e. The number of hydrogen-bond donors (Lipinski definition) is 1. The Balaban J connectivity index is 2.07. The average Bonchev–Trinajstić information content (AvgIpc) is 2.30. The van der Waals surface area contributed by atoms with E-state index in [2.05, 4.69) is 17.4 Å². The first kappa shape index (κ1) is 9.87. The van der Waals surface area contributed by atoms with Crippen molar-refractivity contribution in [3.63, 3.8) is 0 Å². The molecule has 1 aliphatic rings. The Kier molecular flexibility index (Phi) is 3.32. The molecule has 0 unspecified atom stereocenters. The first-order valence-corrected chi connectivity index (χ1v) is 5.91. The molecule has 0 spiro atoms. The van der Waals surface area contributed by atoms with Gasteiger partial charge in [0, 0.05) is 24.1 Å². The number of ether oxygens (including phenoxy) is 1. The molecule has 1 aromatic rings. The summed E-state index contributed by atoms with van der Waals surface area (Å²) in [5, 5.41) is 4.02. The minimum atomic E-state index is 0.606. The number of thioether (sulfide) groups is 1. The highest BCUT2D eigenvalue weighted by molar-refractivity contribution is 7.99. The lowest BCUT2D eigenvalue weighted by atomic mass is 10.1. The molecule has 0 aromatic heterocycles. The minimum Gasteiger partial charge on any atom is -0.497 e. The van der Waals surface area contributed by atoms with Gasteiger partial charge in [-0.25, -0.2) is 0 Å². The van der Waals surface area contributed by atoms with E-state index in [1.807, 2.05) is 23.9 Å².